The number of hydrogen-bond acceptors (Lipinski definition) is 6. The molecule has 1 aliphatic heterocycles. The number of hydrogen-bond donors (Lipinski definition) is 1. The van der Waals surface area contributed by atoms with E-state index in [2.05, 4.69) is 0 Å². The lowest BCUT2D eigenvalue weighted by atomic mass is 9.99. The zero-order valence-corrected chi connectivity index (χ0v) is 17.3. The Morgan fingerprint density at radius 1 is 1.31 bits per heavy atom. The van der Waals surface area contributed by atoms with Gasteiger partial charge in [-0.2, -0.15) is 0 Å². The zero-order valence-electron chi connectivity index (χ0n) is 16.5. The number of carbonyl (C=O) groups is 2. The molecule has 1 amide bonds. The maximum absolute atomic E-state index is 12.8. The first kappa shape index (κ1) is 21.0. The van der Waals surface area contributed by atoms with Crippen LogP contribution in [0.3, 0.4) is 0 Å². The monoisotopic (exact) mass is 418 g/mol. The van der Waals surface area contributed by atoms with Crippen molar-refractivity contribution >= 4 is 29.1 Å². The van der Waals surface area contributed by atoms with E-state index in [0.717, 1.165) is 6.54 Å². The molecule has 0 radical (unpaired) electrons. The minimum absolute atomic E-state index is 0.0176. The summed E-state index contributed by atoms with van der Waals surface area (Å²) in [5, 5.41) is 11.2. The van der Waals surface area contributed by atoms with Crippen LogP contribution in [-0.4, -0.2) is 60.9 Å². The van der Waals surface area contributed by atoms with Gasteiger partial charge in [0.1, 0.15) is 23.3 Å². The molecule has 29 heavy (non-hydrogen) atoms. The van der Waals surface area contributed by atoms with Gasteiger partial charge >= 0.3 is 0 Å². The molecule has 3 rings (SSSR count). The minimum atomic E-state index is -0.798. The molecular weight excluding hydrogens is 396 g/mol. The van der Waals surface area contributed by atoms with Crippen LogP contribution in [0.2, 0.25) is 5.02 Å². The average Bonchev–Trinajstić information content (AvgIpc) is 3.29. The van der Waals surface area contributed by atoms with Crippen LogP contribution in [-0.2, 0) is 9.59 Å². The normalized spacial score (nSPS) is 18.7. The molecule has 7 nitrogen and oxygen atoms in total. The van der Waals surface area contributed by atoms with E-state index in [-0.39, 0.29) is 16.4 Å². The van der Waals surface area contributed by atoms with E-state index in [4.69, 9.17) is 20.8 Å². The van der Waals surface area contributed by atoms with Crippen molar-refractivity contribution in [2.24, 2.45) is 0 Å². The Labute approximate surface area is 174 Å². The number of Topliss-reactive ketones (excluding diaryl/α,β-unsaturated/α-hetero) is 1. The molecule has 1 aliphatic rings. The van der Waals surface area contributed by atoms with Crippen molar-refractivity contribution < 1.29 is 23.8 Å². The number of carbonyl (C=O) groups excluding carboxylic acids is 2. The topological polar surface area (TPSA) is 83.2 Å². The van der Waals surface area contributed by atoms with Gasteiger partial charge in [-0.3, -0.25) is 9.59 Å². The maximum atomic E-state index is 12.8. The summed E-state index contributed by atoms with van der Waals surface area (Å²) < 4.78 is 10.6. The van der Waals surface area contributed by atoms with Crippen LogP contribution >= 0.6 is 11.6 Å². The second-order valence-corrected chi connectivity index (χ2v) is 7.42. The summed E-state index contributed by atoms with van der Waals surface area (Å²) in [5.74, 6) is -0.860. The van der Waals surface area contributed by atoms with Gasteiger partial charge in [0.05, 0.1) is 24.0 Å². The molecule has 1 aromatic carbocycles. The molecular formula is C21H23ClN2O5. The van der Waals surface area contributed by atoms with Crippen LogP contribution in [0.1, 0.15) is 23.8 Å². The molecule has 0 spiro atoms. The zero-order chi connectivity index (χ0) is 21.1. The van der Waals surface area contributed by atoms with Crippen molar-refractivity contribution in [2.75, 3.05) is 34.3 Å². The minimum Gasteiger partial charge on any atom is -0.507 e. The molecule has 2 aromatic rings. The first-order valence-corrected chi connectivity index (χ1v) is 9.53. The van der Waals surface area contributed by atoms with E-state index < -0.39 is 17.7 Å². The summed E-state index contributed by atoms with van der Waals surface area (Å²) >= 11 is 6.16. The molecule has 1 fully saturated rings. The Balaban J connectivity index is 2.05. The fourth-order valence-corrected chi connectivity index (χ4v) is 3.64. The van der Waals surface area contributed by atoms with E-state index in [9.17, 15) is 14.7 Å². The Bertz CT molecular complexity index is 937. The third kappa shape index (κ3) is 4.16. The van der Waals surface area contributed by atoms with Crippen molar-refractivity contribution in [3.05, 3.63) is 58.5 Å². The van der Waals surface area contributed by atoms with Gasteiger partial charge < -0.3 is 24.1 Å². The van der Waals surface area contributed by atoms with Crippen LogP contribution in [0.15, 0.2) is 46.6 Å². The molecule has 154 valence electrons. The van der Waals surface area contributed by atoms with Crippen LogP contribution < -0.4 is 4.74 Å². The van der Waals surface area contributed by atoms with Crippen molar-refractivity contribution in [1.29, 1.82) is 0 Å². The first-order valence-electron chi connectivity index (χ1n) is 9.15. The number of ketones is 1. The highest BCUT2D eigenvalue weighted by Crippen LogP contribution is 2.40. The summed E-state index contributed by atoms with van der Waals surface area (Å²) in [6.45, 7) is 1.11. The van der Waals surface area contributed by atoms with E-state index >= 15 is 0 Å². The number of likely N-dealkylation sites (tertiary alicyclic amines) is 1. The van der Waals surface area contributed by atoms with Crippen LogP contribution in [0.25, 0.3) is 5.76 Å². The average molecular weight is 419 g/mol. The SMILES string of the molecule is COc1ccc(/C(O)=C2/C(=O)C(=O)N(CCCN(C)C)C2c2ccco2)cc1Cl. The molecule has 1 saturated heterocycles. The Morgan fingerprint density at radius 2 is 2.07 bits per heavy atom. The molecule has 1 aromatic heterocycles. The lowest BCUT2D eigenvalue weighted by molar-refractivity contribution is -0.140. The summed E-state index contributed by atoms with van der Waals surface area (Å²) in [7, 11) is 5.36. The number of ether oxygens (including phenoxy) is 1. The van der Waals surface area contributed by atoms with Gasteiger partial charge in [-0.05, 0) is 57.4 Å². The number of amides is 1. The highest BCUT2D eigenvalue weighted by atomic mass is 35.5. The van der Waals surface area contributed by atoms with Gasteiger partial charge in [0.25, 0.3) is 11.7 Å². The van der Waals surface area contributed by atoms with Gasteiger partial charge in [-0.1, -0.05) is 11.6 Å². The lowest BCUT2D eigenvalue weighted by Gasteiger charge is -2.24. The molecule has 0 bridgehead atoms. The summed E-state index contributed by atoms with van der Waals surface area (Å²) in [4.78, 5) is 29.0. The second kappa shape index (κ2) is 8.71. The van der Waals surface area contributed by atoms with E-state index in [1.807, 2.05) is 19.0 Å². The Hall–Kier alpha value is -2.77. The highest BCUT2D eigenvalue weighted by Gasteiger charge is 2.47. The highest BCUT2D eigenvalue weighted by molar-refractivity contribution is 6.46. The van der Waals surface area contributed by atoms with Crippen molar-refractivity contribution in [3.8, 4) is 5.75 Å². The molecule has 0 aliphatic carbocycles. The fraction of sp³-hybridized carbons (Fsp3) is 0.333. The maximum Gasteiger partial charge on any atom is 0.295 e. The molecule has 1 N–H and O–H groups in total. The van der Waals surface area contributed by atoms with Gasteiger partial charge in [0, 0.05) is 12.1 Å². The number of rotatable bonds is 7. The predicted molar refractivity (Wildman–Crippen MR) is 109 cm³/mol. The van der Waals surface area contributed by atoms with Gasteiger partial charge in [-0.15, -0.1) is 0 Å². The Kier molecular flexibility index (Phi) is 6.30. The van der Waals surface area contributed by atoms with Crippen LogP contribution in [0.5, 0.6) is 5.75 Å². The van der Waals surface area contributed by atoms with Crippen molar-refractivity contribution in [1.82, 2.24) is 9.80 Å². The number of aliphatic hydroxyl groups is 1. The number of methoxy groups -OCH3 is 1. The summed E-state index contributed by atoms with van der Waals surface area (Å²) in [6, 6.07) is 7.23. The molecule has 8 heteroatoms. The number of benzene rings is 1. The van der Waals surface area contributed by atoms with E-state index in [0.29, 0.717) is 30.0 Å². The molecule has 0 saturated carbocycles. The van der Waals surface area contributed by atoms with Crippen LogP contribution in [0, 0.1) is 0 Å². The summed E-state index contributed by atoms with van der Waals surface area (Å²) in [6.07, 6.45) is 2.14. The third-order valence-corrected chi connectivity index (χ3v) is 5.08. The van der Waals surface area contributed by atoms with Gasteiger partial charge in [0.2, 0.25) is 0 Å². The fourth-order valence-electron chi connectivity index (χ4n) is 3.38. The van der Waals surface area contributed by atoms with Crippen LogP contribution in [0.4, 0.5) is 0 Å². The molecule has 2 heterocycles. The van der Waals surface area contributed by atoms with E-state index in [1.54, 1.807) is 24.3 Å². The van der Waals surface area contributed by atoms with Crippen molar-refractivity contribution in [2.45, 2.75) is 12.5 Å². The summed E-state index contributed by atoms with van der Waals surface area (Å²) in [5.41, 5.74) is 0.301. The van der Waals surface area contributed by atoms with Gasteiger partial charge in [0.15, 0.2) is 0 Å². The number of aliphatic hydroxyl groups excluding tert-OH is 1. The van der Waals surface area contributed by atoms with Gasteiger partial charge in [-0.25, -0.2) is 0 Å². The third-order valence-electron chi connectivity index (χ3n) is 4.78. The Morgan fingerprint density at radius 3 is 2.66 bits per heavy atom. The van der Waals surface area contributed by atoms with Crippen molar-refractivity contribution in [3.63, 3.8) is 0 Å². The smallest absolute Gasteiger partial charge is 0.295 e. The second-order valence-electron chi connectivity index (χ2n) is 7.01. The number of halogens is 1. The lowest BCUT2D eigenvalue weighted by Crippen LogP contribution is -2.32. The quantitative estimate of drug-likeness (QED) is 0.422. The first-order chi connectivity index (χ1) is 13.8. The van der Waals surface area contributed by atoms with E-state index in [1.165, 1.54) is 24.3 Å². The largest absolute Gasteiger partial charge is 0.507 e. The molecule has 1 unspecified atom stereocenters. The standard InChI is InChI=1S/C21H23ClN2O5/c1-23(2)9-5-10-24-18(16-6-4-11-29-16)17(20(26)21(24)27)19(25)13-7-8-15(28-3)14(22)12-13/h4,6-8,11-12,18,25H,5,9-10H2,1-3H3/b19-17-. The number of furan rings is 1. The molecule has 1 atom stereocenters. The predicted octanol–water partition coefficient (Wildman–Crippen LogP) is 3.32. The number of nitrogens with zero attached hydrogens (tertiary/aromatic N) is 2.